The Bertz CT molecular complexity index is 659. The molecular formula is C15H21ClN4O. The Morgan fingerprint density at radius 3 is 2.57 bits per heavy atom. The van der Waals surface area contributed by atoms with Gasteiger partial charge in [0.1, 0.15) is 5.69 Å². The van der Waals surface area contributed by atoms with Gasteiger partial charge in [-0.25, -0.2) is 0 Å². The number of carbonyl (C=O) groups excluding carboxylic acids is 1. The van der Waals surface area contributed by atoms with Crippen molar-refractivity contribution in [2.24, 2.45) is 0 Å². The Labute approximate surface area is 130 Å². The molecule has 0 radical (unpaired) electrons. The molecule has 0 aliphatic carbocycles. The van der Waals surface area contributed by atoms with Crippen LogP contribution >= 0.6 is 12.4 Å². The summed E-state index contributed by atoms with van der Waals surface area (Å²) in [7, 11) is 2.08. The van der Waals surface area contributed by atoms with Crippen LogP contribution in [0.4, 0.5) is 5.69 Å². The third kappa shape index (κ3) is 2.84. The van der Waals surface area contributed by atoms with Gasteiger partial charge in [0.2, 0.25) is 0 Å². The number of H-pyrrole nitrogens is 1. The normalized spacial score (nSPS) is 16.0. The van der Waals surface area contributed by atoms with E-state index in [9.17, 15) is 4.79 Å². The number of rotatable bonds is 1. The molecule has 0 spiro atoms. The molecule has 1 aromatic carbocycles. The highest BCUT2D eigenvalue weighted by atomic mass is 35.5. The molecule has 114 valence electrons. The maximum atomic E-state index is 12.6. The molecule has 1 aliphatic rings. The number of carbonyl (C=O) groups is 1. The van der Waals surface area contributed by atoms with E-state index in [0.717, 1.165) is 48.3 Å². The van der Waals surface area contributed by atoms with Gasteiger partial charge >= 0.3 is 0 Å². The fourth-order valence-corrected chi connectivity index (χ4v) is 2.73. The van der Waals surface area contributed by atoms with Crippen molar-refractivity contribution < 1.29 is 4.79 Å². The van der Waals surface area contributed by atoms with E-state index in [0.29, 0.717) is 5.69 Å². The van der Waals surface area contributed by atoms with E-state index in [4.69, 9.17) is 5.73 Å². The van der Waals surface area contributed by atoms with Crippen LogP contribution in [0.5, 0.6) is 0 Å². The summed E-state index contributed by atoms with van der Waals surface area (Å²) in [6, 6.07) is 5.70. The second-order valence-corrected chi connectivity index (χ2v) is 5.53. The minimum atomic E-state index is 0. The van der Waals surface area contributed by atoms with Crippen molar-refractivity contribution in [3.05, 3.63) is 29.5 Å². The highest BCUT2D eigenvalue weighted by Crippen LogP contribution is 2.25. The summed E-state index contributed by atoms with van der Waals surface area (Å²) in [6.45, 7) is 5.40. The van der Waals surface area contributed by atoms with Gasteiger partial charge in [-0.2, -0.15) is 0 Å². The first-order valence-corrected chi connectivity index (χ1v) is 6.92. The lowest BCUT2D eigenvalue weighted by Crippen LogP contribution is -2.47. The van der Waals surface area contributed by atoms with Crippen LogP contribution in [-0.2, 0) is 0 Å². The number of aromatic amines is 1. The van der Waals surface area contributed by atoms with Crippen LogP contribution in [0.1, 0.15) is 16.1 Å². The number of nitrogens with zero attached hydrogens (tertiary/aromatic N) is 2. The first-order valence-electron chi connectivity index (χ1n) is 6.92. The maximum absolute atomic E-state index is 12.6. The van der Waals surface area contributed by atoms with Crippen molar-refractivity contribution in [2.75, 3.05) is 39.0 Å². The molecule has 3 rings (SSSR count). The Morgan fingerprint density at radius 2 is 1.90 bits per heavy atom. The molecular weight excluding hydrogens is 288 g/mol. The van der Waals surface area contributed by atoms with Crippen LogP contribution in [-0.4, -0.2) is 53.9 Å². The van der Waals surface area contributed by atoms with Gasteiger partial charge in [-0.05, 0) is 37.7 Å². The number of nitrogens with one attached hydrogen (secondary N) is 1. The van der Waals surface area contributed by atoms with Crippen LogP contribution in [0.2, 0.25) is 0 Å². The number of fused-ring (bicyclic) bond motifs is 1. The zero-order chi connectivity index (χ0) is 14.3. The summed E-state index contributed by atoms with van der Waals surface area (Å²) in [4.78, 5) is 20.0. The Balaban J connectivity index is 0.00000161. The summed E-state index contributed by atoms with van der Waals surface area (Å²) >= 11 is 0. The molecule has 0 saturated carbocycles. The van der Waals surface area contributed by atoms with E-state index < -0.39 is 0 Å². The Kier molecular flexibility index (Phi) is 4.44. The number of benzene rings is 1. The van der Waals surface area contributed by atoms with Crippen molar-refractivity contribution in [3.8, 4) is 0 Å². The zero-order valence-electron chi connectivity index (χ0n) is 12.3. The third-order valence-electron chi connectivity index (χ3n) is 4.09. The standard InChI is InChI=1S/C15H20N4O.ClH/c1-10-12-9-11(16)3-4-13(12)17-14(10)15(20)19-7-5-18(2)6-8-19;/h3-4,9,17H,5-8,16H2,1-2H3;1H. The molecule has 1 aliphatic heterocycles. The molecule has 0 bridgehead atoms. The van der Waals surface area contributed by atoms with Crippen molar-refractivity contribution in [1.29, 1.82) is 0 Å². The second kappa shape index (κ2) is 5.95. The highest BCUT2D eigenvalue weighted by molar-refractivity contribution is 6.01. The molecule has 1 amide bonds. The molecule has 2 aromatic rings. The lowest BCUT2D eigenvalue weighted by Gasteiger charge is -2.32. The van der Waals surface area contributed by atoms with Crippen molar-refractivity contribution in [1.82, 2.24) is 14.8 Å². The summed E-state index contributed by atoms with van der Waals surface area (Å²) in [5, 5.41) is 1.03. The van der Waals surface area contributed by atoms with E-state index >= 15 is 0 Å². The van der Waals surface area contributed by atoms with E-state index in [1.165, 1.54) is 0 Å². The molecule has 0 unspecified atom stereocenters. The molecule has 5 nitrogen and oxygen atoms in total. The molecule has 3 N–H and O–H groups in total. The summed E-state index contributed by atoms with van der Waals surface area (Å²) in [6.07, 6.45) is 0. The van der Waals surface area contributed by atoms with Gasteiger partial charge < -0.3 is 20.5 Å². The second-order valence-electron chi connectivity index (χ2n) is 5.53. The zero-order valence-corrected chi connectivity index (χ0v) is 13.2. The molecule has 2 heterocycles. The molecule has 21 heavy (non-hydrogen) atoms. The summed E-state index contributed by atoms with van der Waals surface area (Å²) in [5.41, 5.74) is 9.18. The number of anilines is 1. The number of amides is 1. The van der Waals surface area contributed by atoms with E-state index in [1.807, 2.05) is 30.0 Å². The van der Waals surface area contributed by atoms with Crippen LogP contribution in [0, 0.1) is 6.92 Å². The molecule has 1 fully saturated rings. The molecule has 1 aromatic heterocycles. The minimum absolute atomic E-state index is 0. The van der Waals surface area contributed by atoms with E-state index in [1.54, 1.807) is 0 Å². The van der Waals surface area contributed by atoms with Gasteiger partial charge in [0.15, 0.2) is 0 Å². The van der Waals surface area contributed by atoms with Gasteiger partial charge in [0.25, 0.3) is 5.91 Å². The first-order chi connectivity index (χ1) is 9.56. The van der Waals surface area contributed by atoms with Crippen LogP contribution in [0.25, 0.3) is 10.9 Å². The minimum Gasteiger partial charge on any atom is -0.399 e. The average Bonchev–Trinajstić information content (AvgIpc) is 2.76. The van der Waals surface area contributed by atoms with E-state index in [-0.39, 0.29) is 18.3 Å². The summed E-state index contributed by atoms with van der Waals surface area (Å²) < 4.78 is 0. The van der Waals surface area contributed by atoms with Crippen molar-refractivity contribution in [3.63, 3.8) is 0 Å². The molecule has 0 atom stereocenters. The van der Waals surface area contributed by atoms with Gasteiger partial charge in [-0.3, -0.25) is 4.79 Å². The Hall–Kier alpha value is -1.72. The van der Waals surface area contributed by atoms with Gasteiger partial charge in [0.05, 0.1) is 0 Å². The number of halogens is 1. The smallest absolute Gasteiger partial charge is 0.270 e. The topological polar surface area (TPSA) is 65.4 Å². The number of hydrogen-bond acceptors (Lipinski definition) is 3. The van der Waals surface area contributed by atoms with Crippen LogP contribution < -0.4 is 5.73 Å². The fourth-order valence-electron chi connectivity index (χ4n) is 2.73. The van der Waals surface area contributed by atoms with Crippen molar-refractivity contribution >= 4 is 34.9 Å². The lowest BCUT2D eigenvalue weighted by molar-refractivity contribution is 0.0658. The number of hydrogen-bond donors (Lipinski definition) is 2. The fraction of sp³-hybridized carbons (Fsp3) is 0.400. The lowest BCUT2D eigenvalue weighted by atomic mass is 10.1. The maximum Gasteiger partial charge on any atom is 0.270 e. The SMILES string of the molecule is Cc1c(C(=O)N2CCN(C)CC2)[nH]c2ccc(N)cc12.Cl. The van der Waals surface area contributed by atoms with Crippen LogP contribution in [0.15, 0.2) is 18.2 Å². The van der Waals surface area contributed by atoms with Crippen LogP contribution in [0.3, 0.4) is 0 Å². The van der Waals surface area contributed by atoms with Crippen molar-refractivity contribution in [2.45, 2.75) is 6.92 Å². The average molecular weight is 309 g/mol. The van der Waals surface area contributed by atoms with E-state index in [2.05, 4.69) is 16.9 Å². The third-order valence-corrected chi connectivity index (χ3v) is 4.09. The number of piperazine rings is 1. The quantitative estimate of drug-likeness (QED) is 0.790. The predicted molar refractivity (Wildman–Crippen MR) is 88.1 cm³/mol. The highest BCUT2D eigenvalue weighted by Gasteiger charge is 2.23. The monoisotopic (exact) mass is 308 g/mol. The Morgan fingerprint density at radius 1 is 1.24 bits per heavy atom. The van der Waals surface area contributed by atoms with Gasteiger partial charge in [-0.15, -0.1) is 12.4 Å². The number of aryl methyl sites for hydroxylation is 1. The number of nitrogens with two attached hydrogens (primary N) is 1. The summed E-state index contributed by atoms with van der Waals surface area (Å²) in [5.74, 6) is 0.0883. The largest absolute Gasteiger partial charge is 0.399 e. The van der Waals surface area contributed by atoms with Gasteiger partial charge in [0, 0.05) is 42.8 Å². The predicted octanol–water partition coefficient (Wildman–Crippen LogP) is 1.87. The number of nitrogen functional groups attached to an aromatic ring is 1. The number of aromatic nitrogens is 1. The number of likely N-dealkylation sites (N-methyl/N-ethyl adjacent to an activating group) is 1. The first kappa shape index (κ1) is 15.7. The molecule has 1 saturated heterocycles. The van der Waals surface area contributed by atoms with Gasteiger partial charge in [-0.1, -0.05) is 0 Å². The molecule has 6 heteroatoms.